The second-order valence-electron chi connectivity index (χ2n) is 5.64. The Hall–Kier alpha value is -1.83. The third-order valence-corrected chi connectivity index (χ3v) is 4.72. The lowest BCUT2D eigenvalue weighted by Crippen LogP contribution is -2.42. The molecule has 1 saturated heterocycles. The van der Waals surface area contributed by atoms with Gasteiger partial charge in [0.05, 0.1) is 5.75 Å². The molecule has 23 heavy (non-hydrogen) atoms. The Morgan fingerprint density at radius 2 is 2.13 bits per heavy atom. The van der Waals surface area contributed by atoms with Crippen LogP contribution in [-0.2, 0) is 16.0 Å². The van der Waals surface area contributed by atoms with Crippen LogP contribution >= 0.6 is 11.8 Å². The number of amides is 2. The molecule has 2 rings (SSSR count). The highest BCUT2D eigenvalue weighted by molar-refractivity contribution is 7.99. The van der Waals surface area contributed by atoms with Crippen LogP contribution in [0.15, 0.2) is 16.0 Å². The zero-order chi connectivity index (χ0) is 16.8. The van der Waals surface area contributed by atoms with Gasteiger partial charge in [0.25, 0.3) is 5.56 Å². The van der Waals surface area contributed by atoms with Crippen LogP contribution in [0.1, 0.15) is 31.9 Å². The van der Waals surface area contributed by atoms with Gasteiger partial charge in [-0.1, -0.05) is 25.1 Å². The Morgan fingerprint density at radius 1 is 1.43 bits per heavy atom. The third-order valence-electron chi connectivity index (χ3n) is 3.86. The Labute approximate surface area is 139 Å². The number of aromatic nitrogens is 2. The van der Waals surface area contributed by atoms with E-state index in [4.69, 9.17) is 5.73 Å². The summed E-state index contributed by atoms with van der Waals surface area (Å²) >= 11 is 1.23. The number of carbonyl (C=O) groups is 2. The number of carbonyl (C=O) groups excluding carboxylic acids is 2. The van der Waals surface area contributed by atoms with E-state index in [9.17, 15) is 14.4 Å². The average Bonchev–Trinajstić information content (AvgIpc) is 2.52. The summed E-state index contributed by atoms with van der Waals surface area (Å²) in [5.41, 5.74) is 5.84. The van der Waals surface area contributed by atoms with E-state index in [0.717, 1.165) is 18.5 Å². The Kier molecular flexibility index (Phi) is 6.20. The van der Waals surface area contributed by atoms with Crippen LogP contribution in [0.5, 0.6) is 0 Å². The number of thioether (sulfide) groups is 1. The van der Waals surface area contributed by atoms with E-state index in [0.29, 0.717) is 31.1 Å². The number of primary amides is 1. The predicted molar refractivity (Wildman–Crippen MR) is 88.1 cm³/mol. The molecule has 0 unspecified atom stereocenters. The summed E-state index contributed by atoms with van der Waals surface area (Å²) in [6.07, 6.45) is 2.89. The summed E-state index contributed by atoms with van der Waals surface area (Å²) in [5.74, 6) is -0.211. The molecule has 1 aromatic rings. The highest BCUT2D eigenvalue weighted by atomic mass is 32.2. The minimum atomic E-state index is -0.291. The fourth-order valence-corrected chi connectivity index (χ4v) is 3.37. The fraction of sp³-hybridized carbons (Fsp3) is 0.600. The zero-order valence-electron chi connectivity index (χ0n) is 13.2. The van der Waals surface area contributed by atoms with Gasteiger partial charge < -0.3 is 15.6 Å². The first kappa shape index (κ1) is 17.5. The number of hydrogen-bond donors (Lipinski definition) is 2. The van der Waals surface area contributed by atoms with Crippen molar-refractivity contribution in [1.82, 2.24) is 14.9 Å². The Balaban J connectivity index is 1.87. The minimum absolute atomic E-state index is 0.0125. The van der Waals surface area contributed by atoms with Crippen LogP contribution in [0.3, 0.4) is 0 Å². The molecule has 0 radical (unpaired) electrons. The molecule has 126 valence electrons. The first-order valence-corrected chi connectivity index (χ1v) is 8.78. The van der Waals surface area contributed by atoms with Crippen molar-refractivity contribution in [3.63, 3.8) is 0 Å². The van der Waals surface area contributed by atoms with Gasteiger partial charge in [0.2, 0.25) is 11.8 Å². The quantitative estimate of drug-likeness (QED) is 0.581. The van der Waals surface area contributed by atoms with Crippen molar-refractivity contribution in [1.29, 1.82) is 0 Å². The van der Waals surface area contributed by atoms with E-state index in [2.05, 4.69) is 9.97 Å². The summed E-state index contributed by atoms with van der Waals surface area (Å²) in [6.45, 7) is 3.12. The summed E-state index contributed by atoms with van der Waals surface area (Å²) < 4.78 is 0. The lowest BCUT2D eigenvalue weighted by Gasteiger charge is -2.30. The number of rotatable bonds is 6. The number of piperidine rings is 1. The molecule has 1 fully saturated rings. The fourth-order valence-electron chi connectivity index (χ4n) is 2.57. The smallest absolute Gasteiger partial charge is 0.251 e. The van der Waals surface area contributed by atoms with Gasteiger partial charge in [-0.15, -0.1) is 0 Å². The van der Waals surface area contributed by atoms with E-state index in [1.807, 2.05) is 6.92 Å². The van der Waals surface area contributed by atoms with Gasteiger partial charge in [0.1, 0.15) is 0 Å². The second-order valence-corrected chi connectivity index (χ2v) is 6.60. The molecule has 0 atom stereocenters. The van der Waals surface area contributed by atoms with Crippen LogP contribution in [0, 0.1) is 5.92 Å². The van der Waals surface area contributed by atoms with E-state index in [-0.39, 0.29) is 29.0 Å². The molecule has 1 aliphatic rings. The SMILES string of the molecule is CCCc1cc(=O)[nH]c(SCC(=O)N2CCC(C(N)=O)CC2)n1. The van der Waals surface area contributed by atoms with E-state index >= 15 is 0 Å². The summed E-state index contributed by atoms with van der Waals surface area (Å²) in [5, 5.41) is 0.473. The summed E-state index contributed by atoms with van der Waals surface area (Å²) in [7, 11) is 0. The number of nitrogens with one attached hydrogen (secondary N) is 1. The van der Waals surface area contributed by atoms with Crippen LogP contribution < -0.4 is 11.3 Å². The Bertz CT molecular complexity index is 623. The first-order chi connectivity index (χ1) is 11.0. The number of aromatic amines is 1. The van der Waals surface area contributed by atoms with Crippen molar-refractivity contribution >= 4 is 23.6 Å². The maximum absolute atomic E-state index is 12.2. The lowest BCUT2D eigenvalue weighted by molar-refractivity contribution is -0.132. The molecule has 3 N–H and O–H groups in total. The normalized spacial score (nSPS) is 15.6. The zero-order valence-corrected chi connectivity index (χ0v) is 14.0. The van der Waals surface area contributed by atoms with Gasteiger partial charge >= 0.3 is 0 Å². The van der Waals surface area contributed by atoms with Crippen molar-refractivity contribution in [2.45, 2.75) is 37.8 Å². The minimum Gasteiger partial charge on any atom is -0.369 e. The van der Waals surface area contributed by atoms with Gasteiger partial charge in [-0.25, -0.2) is 4.98 Å². The first-order valence-electron chi connectivity index (χ1n) is 7.79. The standard InChI is InChI=1S/C15H22N4O3S/c1-2-3-11-8-12(20)18-15(17-11)23-9-13(21)19-6-4-10(5-7-19)14(16)22/h8,10H,2-7,9H2,1H3,(H2,16,22)(H,17,18,20). The summed E-state index contributed by atoms with van der Waals surface area (Å²) in [4.78, 5) is 43.7. The molecule has 7 nitrogen and oxygen atoms in total. The average molecular weight is 338 g/mol. The molecule has 0 bridgehead atoms. The van der Waals surface area contributed by atoms with Gasteiger partial charge in [-0.05, 0) is 19.3 Å². The number of nitrogens with two attached hydrogens (primary N) is 1. The lowest BCUT2D eigenvalue weighted by atomic mass is 9.96. The molecule has 0 saturated carbocycles. The van der Waals surface area contributed by atoms with Gasteiger partial charge in [-0.3, -0.25) is 14.4 Å². The molecule has 1 aromatic heterocycles. The second kappa shape index (κ2) is 8.14. The van der Waals surface area contributed by atoms with Crippen molar-refractivity contribution in [3.05, 3.63) is 22.1 Å². The van der Waals surface area contributed by atoms with Crippen molar-refractivity contribution < 1.29 is 9.59 Å². The van der Waals surface area contributed by atoms with E-state index < -0.39 is 0 Å². The third kappa shape index (κ3) is 5.09. The molecule has 8 heteroatoms. The van der Waals surface area contributed by atoms with Gasteiger partial charge in [0, 0.05) is 30.8 Å². The van der Waals surface area contributed by atoms with Crippen molar-refractivity contribution in [2.75, 3.05) is 18.8 Å². The van der Waals surface area contributed by atoms with Crippen LogP contribution in [0.4, 0.5) is 0 Å². The molecule has 0 aliphatic carbocycles. The van der Waals surface area contributed by atoms with Crippen LogP contribution in [0.25, 0.3) is 0 Å². The Morgan fingerprint density at radius 3 is 2.74 bits per heavy atom. The molecule has 0 spiro atoms. The number of aryl methyl sites for hydroxylation is 1. The highest BCUT2D eigenvalue weighted by Gasteiger charge is 2.25. The monoisotopic (exact) mass is 338 g/mol. The van der Waals surface area contributed by atoms with E-state index in [1.165, 1.54) is 17.8 Å². The number of nitrogens with zero attached hydrogens (tertiary/aromatic N) is 2. The maximum atomic E-state index is 12.2. The number of hydrogen-bond acceptors (Lipinski definition) is 5. The summed E-state index contributed by atoms with van der Waals surface area (Å²) in [6, 6.07) is 1.49. The topological polar surface area (TPSA) is 109 Å². The van der Waals surface area contributed by atoms with Gasteiger partial charge in [0.15, 0.2) is 5.16 Å². The number of H-pyrrole nitrogens is 1. The van der Waals surface area contributed by atoms with Gasteiger partial charge in [-0.2, -0.15) is 0 Å². The van der Waals surface area contributed by atoms with Crippen LogP contribution in [-0.4, -0.2) is 45.5 Å². The molecular weight excluding hydrogens is 316 g/mol. The molecular formula is C15H22N4O3S. The predicted octanol–water partition coefficient (Wildman–Crippen LogP) is 0.538. The maximum Gasteiger partial charge on any atom is 0.251 e. The molecule has 2 heterocycles. The van der Waals surface area contributed by atoms with Crippen molar-refractivity contribution in [3.8, 4) is 0 Å². The van der Waals surface area contributed by atoms with E-state index in [1.54, 1.807) is 4.90 Å². The highest BCUT2D eigenvalue weighted by Crippen LogP contribution is 2.19. The molecule has 1 aliphatic heterocycles. The largest absolute Gasteiger partial charge is 0.369 e. The number of likely N-dealkylation sites (tertiary alicyclic amines) is 1. The molecule has 0 aromatic carbocycles. The van der Waals surface area contributed by atoms with Crippen molar-refractivity contribution in [2.24, 2.45) is 11.7 Å². The molecule has 2 amide bonds. The van der Waals surface area contributed by atoms with Crippen LogP contribution in [0.2, 0.25) is 0 Å².